The van der Waals surface area contributed by atoms with Crippen molar-refractivity contribution in [1.82, 2.24) is 14.8 Å². The van der Waals surface area contributed by atoms with Crippen LogP contribution in [0.5, 0.6) is 5.88 Å². The van der Waals surface area contributed by atoms with Crippen LogP contribution in [0, 0.1) is 0 Å². The van der Waals surface area contributed by atoms with Gasteiger partial charge < -0.3 is 19.3 Å². The molecular weight excluding hydrogens is 358 g/mol. The molecule has 146 valence electrons. The van der Waals surface area contributed by atoms with Crippen LogP contribution in [0.25, 0.3) is 0 Å². The number of hydrogen-bond donors (Lipinski definition) is 0. The number of aromatic nitrogens is 1. The Morgan fingerprint density at radius 1 is 1.21 bits per heavy atom. The summed E-state index contributed by atoms with van der Waals surface area (Å²) in [5.41, 5.74) is 1.69. The highest BCUT2D eigenvalue weighted by atomic mass is 16.5. The van der Waals surface area contributed by atoms with Gasteiger partial charge in [0.15, 0.2) is 0 Å². The number of pyridine rings is 1. The monoisotopic (exact) mass is 381 g/mol. The van der Waals surface area contributed by atoms with Crippen molar-refractivity contribution in [3.8, 4) is 5.88 Å². The van der Waals surface area contributed by atoms with E-state index in [1.165, 1.54) is 18.9 Å². The summed E-state index contributed by atoms with van der Waals surface area (Å²) in [5, 5.41) is 0. The molecule has 2 aliphatic rings. The summed E-state index contributed by atoms with van der Waals surface area (Å²) in [6.45, 7) is 1.64. The average Bonchev–Trinajstić information content (AvgIpc) is 3.18. The molecule has 0 radical (unpaired) electrons. The summed E-state index contributed by atoms with van der Waals surface area (Å²) in [6, 6.07) is 13.4. The maximum atomic E-state index is 12.8. The topological polar surface area (TPSA) is 72.0 Å². The van der Waals surface area contributed by atoms with Crippen molar-refractivity contribution in [3.05, 3.63) is 59.8 Å². The number of rotatable bonds is 5. The Bertz CT molecular complexity index is 840. The molecule has 1 aromatic carbocycles. The Morgan fingerprint density at radius 3 is 2.75 bits per heavy atom. The first-order valence-electron chi connectivity index (χ1n) is 9.40. The Hall–Kier alpha value is -2.93. The largest absolute Gasteiger partial charge is 0.481 e. The first kappa shape index (κ1) is 18.4. The molecule has 3 heterocycles. The molecule has 7 nitrogen and oxygen atoms in total. The molecule has 0 saturated carbocycles. The summed E-state index contributed by atoms with van der Waals surface area (Å²) in [6.07, 6.45) is 2.15. The lowest BCUT2D eigenvalue weighted by atomic mass is 10.1. The summed E-state index contributed by atoms with van der Waals surface area (Å²) < 4.78 is 10.8. The predicted octanol–water partition coefficient (Wildman–Crippen LogP) is 1.38. The van der Waals surface area contributed by atoms with Gasteiger partial charge >= 0.3 is 0 Å². The zero-order valence-corrected chi connectivity index (χ0v) is 15.8. The molecule has 0 unspecified atom stereocenters. The van der Waals surface area contributed by atoms with Gasteiger partial charge in [-0.3, -0.25) is 9.59 Å². The molecule has 2 amide bonds. The van der Waals surface area contributed by atoms with Crippen molar-refractivity contribution in [2.24, 2.45) is 0 Å². The van der Waals surface area contributed by atoms with Gasteiger partial charge in [-0.25, -0.2) is 4.98 Å². The van der Waals surface area contributed by atoms with E-state index in [1.54, 1.807) is 17.0 Å². The lowest BCUT2D eigenvalue weighted by Crippen LogP contribution is -2.54. The number of hydrogen-bond acceptors (Lipinski definition) is 5. The summed E-state index contributed by atoms with van der Waals surface area (Å²) in [7, 11) is 1.54. The van der Waals surface area contributed by atoms with Crippen LogP contribution >= 0.6 is 0 Å². The van der Waals surface area contributed by atoms with Crippen LogP contribution in [-0.2, 0) is 16.0 Å². The fourth-order valence-electron chi connectivity index (χ4n) is 3.83. The Kier molecular flexibility index (Phi) is 5.25. The number of ether oxygens (including phenoxy) is 2. The van der Waals surface area contributed by atoms with Crippen LogP contribution in [-0.4, -0.2) is 72.1 Å². The minimum atomic E-state index is -0.149. The fourth-order valence-corrected chi connectivity index (χ4v) is 3.83. The van der Waals surface area contributed by atoms with Crippen LogP contribution in [0.4, 0.5) is 0 Å². The third kappa shape index (κ3) is 3.71. The Labute approximate surface area is 163 Å². The molecule has 0 N–H and O–H groups in total. The lowest BCUT2D eigenvalue weighted by molar-refractivity contribution is -0.152. The molecule has 2 fully saturated rings. The smallest absolute Gasteiger partial charge is 0.255 e. The van der Waals surface area contributed by atoms with Gasteiger partial charge in [0.1, 0.15) is 6.61 Å². The van der Waals surface area contributed by atoms with Gasteiger partial charge in [-0.05, 0) is 18.1 Å². The van der Waals surface area contributed by atoms with Gasteiger partial charge in [0.2, 0.25) is 11.8 Å². The molecule has 2 saturated heterocycles. The van der Waals surface area contributed by atoms with Crippen LogP contribution in [0.15, 0.2) is 48.7 Å². The van der Waals surface area contributed by atoms with Crippen molar-refractivity contribution >= 4 is 11.8 Å². The SMILES string of the molecule is COc1ccc(C(=O)N2C[C@@H]3OCC(=O)N(CCc4ccccc4)[C@H]3C2)cn1. The molecule has 2 atom stereocenters. The highest BCUT2D eigenvalue weighted by Gasteiger charge is 2.44. The van der Waals surface area contributed by atoms with Crippen molar-refractivity contribution < 1.29 is 19.1 Å². The van der Waals surface area contributed by atoms with E-state index in [1.807, 2.05) is 23.1 Å². The molecule has 28 heavy (non-hydrogen) atoms. The van der Waals surface area contributed by atoms with Crippen LogP contribution < -0.4 is 4.74 Å². The highest BCUT2D eigenvalue weighted by molar-refractivity contribution is 5.94. The first-order valence-corrected chi connectivity index (χ1v) is 9.40. The van der Waals surface area contributed by atoms with Gasteiger partial charge in [-0.15, -0.1) is 0 Å². The van der Waals surface area contributed by atoms with E-state index in [-0.39, 0.29) is 30.6 Å². The molecule has 0 aliphatic carbocycles. The molecule has 1 aromatic heterocycles. The number of carbonyl (C=O) groups is 2. The van der Waals surface area contributed by atoms with Crippen molar-refractivity contribution in [3.63, 3.8) is 0 Å². The number of fused-ring (bicyclic) bond motifs is 1. The highest BCUT2D eigenvalue weighted by Crippen LogP contribution is 2.25. The van der Waals surface area contributed by atoms with E-state index in [0.717, 1.165) is 6.42 Å². The predicted molar refractivity (Wildman–Crippen MR) is 102 cm³/mol. The second kappa shape index (κ2) is 7.98. The van der Waals surface area contributed by atoms with E-state index in [9.17, 15) is 9.59 Å². The Balaban J connectivity index is 1.44. The number of morpholine rings is 1. The standard InChI is InChI=1S/C21H23N3O4/c1-27-19-8-7-16(11-22-19)21(26)23-12-17-18(13-23)28-14-20(25)24(17)10-9-15-5-3-2-4-6-15/h2-8,11,17-18H,9-10,12-14H2,1H3/t17-,18-/m0/s1. The van der Waals surface area contributed by atoms with Crippen molar-refractivity contribution in [2.45, 2.75) is 18.6 Å². The number of carbonyl (C=O) groups excluding carboxylic acids is 2. The van der Waals surface area contributed by atoms with E-state index >= 15 is 0 Å². The number of nitrogens with zero attached hydrogens (tertiary/aromatic N) is 3. The van der Waals surface area contributed by atoms with E-state index in [0.29, 0.717) is 31.1 Å². The lowest BCUT2D eigenvalue weighted by Gasteiger charge is -2.36. The third-order valence-electron chi connectivity index (χ3n) is 5.34. The van der Waals surface area contributed by atoms with E-state index in [2.05, 4.69) is 17.1 Å². The van der Waals surface area contributed by atoms with Gasteiger partial charge in [-0.1, -0.05) is 30.3 Å². The van der Waals surface area contributed by atoms with Crippen LogP contribution in [0.3, 0.4) is 0 Å². The number of methoxy groups -OCH3 is 1. The molecular formula is C21H23N3O4. The number of benzene rings is 1. The summed E-state index contributed by atoms with van der Waals surface area (Å²) >= 11 is 0. The van der Waals surface area contributed by atoms with Gasteiger partial charge in [0, 0.05) is 31.9 Å². The minimum Gasteiger partial charge on any atom is -0.481 e. The van der Waals surface area contributed by atoms with E-state index in [4.69, 9.17) is 9.47 Å². The number of likely N-dealkylation sites (tertiary alicyclic amines) is 1. The van der Waals surface area contributed by atoms with Crippen molar-refractivity contribution in [2.75, 3.05) is 33.4 Å². The Morgan fingerprint density at radius 2 is 2.04 bits per heavy atom. The zero-order valence-electron chi connectivity index (χ0n) is 15.8. The molecule has 2 aromatic rings. The second-order valence-electron chi connectivity index (χ2n) is 7.04. The molecule has 2 aliphatic heterocycles. The van der Waals surface area contributed by atoms with Crippen LogP contribution in [0.1, 0.15) is 15.9 Å². The number of amides is 2. The molecule has 4 rings (SSSR count). The minimum absolute atomic E-state index is 0.0161. The second-order valence-corrected chi connectivity index (χ2v) is 7.04. The van der Waals surface area contributed by atoms with Gasteiger partial charge in [0.05, 0.1) is 24.8 Å². The fraction of sp³-hybridized carbons (Fsp3) is 0.381. The van der Waals surface area contributed by atoms with Crippen molar-refractivity contribution in [1.29, 1.82) is 0 Å². The molecule has 7 heteroatoms. The maximum absolute atomic E-state index is 12.8. The first-order chi connectivity index (χ1) is 13.7. The quantitative estimate of drug-likeness (QED) is 0.783. The van der Waals surface area contributed by atoms with E-state index < -0.39 is 0 Å². The molecule has 0 spiro atoms. The van der Waals surface area contributed by atoms with Crippen LogP contribution in [0.2, 0.25) is 0 Å². The molecule has 0 bridgehead atoms. The normalized spacial score (nSPS) is 21.5. The summed E-state index contributed by atoms with van der Waals surface area (Å²) in [5.74, 6) is 0.342. The third-order valence-corrected chi connectivity index (χ3v) is 5.34. The average molecular weight is 381 g/mol. The summed E-state index contributed by atoms with van der Waals surface area (Å²) in [4.78, 5) is 33.0. The maximum Gasteiger partial charge on any atom is 0.255 e. The van der Waals surface area contributed by atoms with Gasteiger partial charge in [-0.2, -0.15) is 0 Å². The van der Waals surface area contributed by atoms with Gasteiger partial charge in [0.25, 0.3) is 5.91 Å². The zero-order chi connectivity index (χ0) is 19.5.